The average molecular weight is 198 g/mol. The summed E-state index contributed by atoms with van der Waals surface area (Å²) in [5.41, 5.74) is 0.873. The molecule has 1 N–H and O–H groups in total. The van der Waals surface area contributed by atoms with Gasteiger partial charge in [-0.3, -0.25) is 0 Å². The van der Waals surface area contributed by atoms with Gasteiger partial charge < -0.3 is 14.5 Å². The first-order valence-corrected chi connectivity index (χ1v) is 5.08. The molecule has 4 nitrogen and oxygen atoms in total. The van der Waals surface area contributed by atoms with E-state index in [0.717, 1.165) is 12.1 Å². The minimum Gasteiger partial charge on any atom is -0.450 e. The SMILES string of the molecule is CCCCCOc1nc(CNC)co1. The van der Waals surface area contributed by atoms with E-state index in [1.807, 2.05) is 7.05 Å². The third kappa shape index (κ3) is 3.79. The van der Waals surface area contributed by atoms with Gasteiger partial charge in [-0.2, -0.15) is 4.98 Å². The van der Waals surface area contributed by atoms with Crippen molar-refractivity contribution < 1.29 is 9.15 Å². The van der Waals surface area contributed by atoms with E-state index in [-0.39, 0.29) is 0 Å². The lowest BCUT2D eigenvalue weighted by atomic mass is 10.3. The van der Waals surface area contributed by atoms with E-state index in [2.05, 4.69) is 17.2 Å². The first-order valence-electron chi connectivity index (χ1n) is 5.08. The standard InChI is InChI=1S/C10H18N2O2/c1-3-4-5-6-13-10-12-9(7-11-2)8-14-10/h8,11H,3-7H2,1-2H3. The lowest BCUT2D eigenvalue weighted by molar-refractivity contribution is 0.224. The van der Waals surface area contributed by atoms with Crippen molar-refractivity contribution >= 4 is 0 Å². The summed E-state index contributed by atoms with van der Waals surface area (Å²) in [6.07, 6.45) is 5.43. The van der Waals surface area contributed by atoms with Crippen LogP contribution in [-0.4, -0.2) is 18.6 Å². The van der Waals surface area contributed by atoms with Gasteiger partial charge in [0.1, 0.15) is 6.26 Å². The Morgan fingerprint density at radius 1 is 1.50 bits per heavy atom. The Hall–Kier alpha value is -1.03. The maximum absolute atomic E-state index is 5.33. The van der Waals surface area contributed by atoms with Gasteiger partial charge in [0, 0.05) is 6.54 Å². The molecule has 14 heavy (non-hydrogen) atoms. The summed E-state index contributed by atoms with van der Waals surface area (Å²) in [4.78, 5) is 4.15. The molecule has 0 radical (unpaired) electrons. The van der Waals surface area contributed by atoms with Crippen molar-refractivity contribution in [3.63, 3.8) is 0 Å². The van der Waals surface area contributed by atoms with Crippen LogP contribution in [0.2, 0.25) is 0 Å². The Bertz CT molecular complexity index is 248. The van der Waals surface area contributed by atoms with Crippen LogP contribution < -0.4 is 10.1 Å². The fourth-order valence-corrected chi connectivity index (χ4v) is 1.13. The van der Waals surface area contributed by atoms with Gasteiger partial charge in [0.05, 0.1) is 12.3 Å². The molecule has 0 saturated carbocycles. The molecule has 0 aliphatic heterocycles. The molecule has 4 heteroatoms. The van der Waals surface area contributed by atoms with Crippen LogP contribution >= 0.6 is 0 Å². The second-order valence-corrected chi connectivity index (χ2v) is 3.19. The zero-order chi connectivity index (χ0) is 10.2. The predicted octanol–water partition coefficient (Wildman–Crippen LogP) is 1.96. The molecule has 0 bridgehead atoms. The quantitative estimate of drug-likeness (QED) is 0.680. The number of aromatic nitrogens is 1. The number of nitrogens with zero attached hydrogens (tertiary/aromatic N) is 1. The van der Waals surface area contributed by atoms with E-state index < -0.39 is 0 Å². The zero-order valence-electron chi connectivity index (χ0n) is 8.88. The molecule has 0 aliphatic carbocycles. The molecule has 1 rings (SSSR count). The van der Waals surface area contributed by atoms with E-state index in [1.165, 1.54) is 12.8 Å². The third-order valence-electron chi connectivity index (χ3n) is 1.86. The van der Waals surface area contributed by atoms with Gasteiger partial charge in [-0.25, -0.2) is 0 Å². The first kappa shape index (κ1) is 11.0. The summed E-state index contributed by atoms with van der Waals surface area (Å²) >= 11 is 0. The van der Waals surface area contributed by atoms with Gasteiger partial charge in [-0.05, 0) is 13.5 Å². The Kier molecular flexibility index (Phi) is 5.07. The average Bonchev–Trinajstić information content (AvgIpc) is 2.61. The molecule has 0 spiro atoms. The van der Waals surface area contributed by atoms with Crippen LogP contribution in [0, 0.1) is 0 Å². The van der Waals surface area contributed by atoms with Gasteiger partial charge in [-0.15, -0.1) is 0 Å². The molecule has 0 amide bonds. The second kappa shape index (κ2) is 6.43. The first-order chi connectivity index (χ1) is 6.86. The van der Waals surface area contributed by atoms with Crippen LogP contribution in [0.3, 0.4) is 0 Å². The molecule has 0 aromatic carbocycles. The number of oxazole rings is 1. The smallest absolute Gasteiger partial charge is 0.393 e. The van der Waals surface area contributed by atoms with E-state index in [0.29, 0.717) is 19.2 Å². The van der Waals surface area contributed by atoms with Gasteiger partial charge in [0.25, 0.3) is 0 Å². The molecule has 1 heterocycles. The summed E-state index contributed by atoms with van der Waals surface area (Å²) in [5.74, 6) is 0. The monoisotopic (exact) mass is 198 g/mol. The fourth-order valence-electron chi connectivity index (χ4n) is 1.13. The van der Waals surface area contributed by atoms with Crippen molar-refractivity contribution in [2.24, 2.45) is 0 Å². The second-order valence-electron chi connectivity index (χ2n) is 3.19. The Labute approximate surface area is 84.7 Å². The molecule has 0 saturated heterocycles. The highest BCUT2D eigenvalue weighted by molar-refractivity contribution is 4.99. The number of rotatable bonds is 7. The third-order valence-corrected chi connectivity index (χ3v) is 1.86. The van der Waals surface area contributed by atoms with E-state index >= 15 is 0 Å². The lowest BCUT2D eigenvalue weighted by Crippen LogP contribution is -2.05. The van der Waals surface area contributed by atoms with Crippen molar-refractivity contribution in [1.82, 2.24) is 10.3 Å². The summed E-state index contributed by atoms with van der Waals surface area (Å²) < 4.78 is 10.5. The maximum atomic E-state index is 5.33. The van der Waals surface area contributed by atoms with Gasteiger partial charge in [0.2, 0.25) is 0 Å². The summed E-state index contributed by atoms with van der Waals surface area (Å²) in [5, 5.41) is 3.00. The molecule has 80 valence electrons. The molecule has 0 unspecified atom stereocenters. The van der Waals surface area contributed by atoms with Crippen LogP contribution in [0.1, 0.15) is 31.9 Å². The molecule has 1 aromatic rings. The van der Waals surface area contributed by atoms with Gasteiger partial charge >= 0.3 is 6.08 Å². The minimum atomic E-state index is 0.381. The number of unbranched alkanes of at least 4 members (excludes halogenated alkanes) is 2. The Morgan fingerprint density at radius 3 is 3.07 bits per heavy atom. The largest absolute Gasteiger partial charge is 0.450 e. The van der Waals surface area contributed by atoms with Crippen LogP contribution in [0.5, 0.6) is 6.08 Å². The topological polar surface area (TPSA) is 47.3 Å². The zero-order valence-corrected chi connectivity index (χ0v) is 8.88. The predicted molar refractivity (Wildman–Crippen MR) is 54.3 cm³/mol. The van der Waals surface area contributed by atoms with E-state index in [9.17, 15) is 0 Å². The summed E-state index contributed by atoms with van der Waals surface area (Å²) in [6, 6.07) is 0. The summed E-state index contributed by atoms with van der Waals surface area (Å²) in [6.45, 7) is 3.56. The van der Waals surface area contributed by atoms with Crippen LogP contribution in [0.25, 0.3) is 0 Å². The number of nitrogens with one attached hydrogen (secondary N) is 1. The molecule has 0 fully saturated rings. The van der Waals surface area contributed by atoms with Crippen molar-refractivity contribution in [2.75, 3.05) is 13.7 Å². The van der Waals surface area contributed by atoms with Crippen molar-refractivity contribution in [3.05, 3.63) is 12.0 Å². The molecule has 1 aromatic heterocycles. The van der Waals surface area contributed by atoms with Crippen molar-refractivity contribution in [3.8, 4) is 6.08 Å². The van der Waals surface area contributed by atoms with Crippen molar-refractivity contribution in [2.45, 2.75) is 32.7 Å². The van der Waals surface area contributed by atoms with Crippen LogP contribution in [0.4, 0.5) is 0 Å². The highest BCUT2D eigenvalue weighted by atomic mass is 16.6. The number of hydrogen-bond donors (Lipinski definition) is 1. The van der Waals surface area contributed by atoms with Crippen LogP contribution in [-0.2, 0) is 6.54 Å². The number of ether oxygens (including phenoxy) is 1. The number of hydrogen-bond acceptors (Lipinski definition) is 4. The van der Waals surface area contributed by atoms with Crippen molar-refractivity contribution in [1.29, 1.82) is 0 Å². The Morgan fingerprint density at radius 2 is 2.36 bits per heavy atom. The highest BCUT2D eigenvalue weighted by Crippen LogP contribution is 2.10. The molecule has 0 atom stereocenters. The highest BCUT2D eigenvalue weighted by Gasteiger charge is 2.03. The van der Waals surface area contributed by atoms with E-state index in [4.69, 9.17) is 9.15 Å². The lowest BCUT2D eigenvalue weighted by Gasteiger charge is -1.98. The molecule has 0 aliphatic rings. The summed E-state index contributed by atoms with van der Waals surface area (Å²) in [7, 11) is 1.87. The Balaban J connectivity index is 2.22. The normalized spacial score (nSPS) is 10.4. The molecular formula is C10H18N2O2. The van der Waals surface area contributed by atoms with Crippen LogP contribution in [0.15, 0.2) is 10.7 Å². The van der Waals surface area contributed by atoms with Gasteiger partial charge in [0.15, 0.2) is 0 Å². The van der Waals surface area contributed by atoms with E-state index in [1.54, 1.807) is 6.26 Å². The van der Waals surface area contributed by atoms with Gasteiger partial charge in [-0.1, -0.05) is 19.8 Å². The fraction of sp³-hybridized carbons (Fsp3) is 0.700. The minimum absolute atomic E-state index is 0.381. The molecular weight excluding hydrogens is 180 g/mol. The maximum Gasteiger partial charge on any atom is 0.393 e.